The molecule has 0 aliphatic heterocycles. The van der Waals surface area contributed by atoms with Gasteiger partial charge in [0, 0.05) is 12.2 Å². The molecule has 1 amide bonds. The third-order valence-corrected chi connectivity index (χ3v) is 3.65. The van der Waals surface area contributed by atoms with Crippen LogP contribution in [-0.2, 0) is 11.3 Å². The van der Waals surface area contributed by atoms with Crippen LogP contribution in [0.1, 0.15) is 26.3 Å². The Morgan fingerprint density at radius 1 is 1.12 bits per heavy atom. The van der Waals surface area contributed by atoms with Crippen molar-refractivity contribution < 1.29 is 9.53 Å². The number of benzene rings is 2. The summed E-state index contributed by atoms with van der Waals surface area (Å²) in [6.07, 6.45) is 3.74. The first-order valence-electron chi connectivity index (χ1n) is 8.70. The van der Waals surface area contributed by atoms with Gasteiger partial charge in [0.25, 0.3) is 5.91 Å². The van der Waals surface area contributed by atoms with Crippen molar-refractivity contribution in [3.8, 4) is 11.5 Å². The van der Waals surface area contributed by atoms with Crippen LogP contribution < -0.4 is 15.8 Å². The molecule has 2 rings (SSSR count). The fourth-order valence-corrected chi connectivity index (χ4v) is 2.30. The second kappa shape index (κ2) is 9.47. The number of carbonyl (C=O) groups excluding carboxylic acids is 1. The van der Waals surface area contributed by atoms with E-state index in [1.54, 1.807) is 13.0 Å². The number of allylic oxidation sites excluding steroid dienone is 2. The molecule has 2 aromatic rings. The van der Waals surface area contributed by atoms with Crippen molar-refractivity contribution >= 4 is 5.91 Å². The van der Waals surface area contributed by atoms with Crippen molar-refractivity contribution in [3.63, 3.8) is 0 Å². The number of hydrogen-bond donors (Lipinski definition) is 2. The Kier molecular flexibility index (Phi) is 7.03. The third-order valence-electron chi connectivity index (χ3n) is 3.65. The molecule has 3 N–H and O–H groups in total. The highest BCUT2D eigenvalue weighted by Crippen LogP contribution is 2.21. The van der Waals surface area contributed by atoms with Crippen LogP contribution in [0.3, 0.4) is 0 Å². The first-order chi connectivity index (χ1) is 12.5. The summed E-state index contributed by atoms with van der Waals surface area (Å²) in [6, 6.07) is 17.2. The molecule has 0 spiro atoms. The lowest BCUT2D eigenvalue weighted by atomic mass is 10.1. The molecule has 0 heterocycles. The van der Waals surface area contributed by atoms with Gasteiger partial charge in [-0.15, -0.1) is 0 Å². The van der Waals surface area contributed by atoms with Gasteiger partial charge in [0.1, 0.15) is 11.5 Å². The molecule has 0 bridgehead atoms. The zero-order valence-electron chi connectivity index (χ0n) is 15.5. The lowest BCUT2D eigenvalue weighted by Gasteiger charge is -2.10. The number of nitrogens with two attached hydrogens (primary N) is 1. The summed E-state index contributed by atoms with van der Waals surface area (Å²) in [4.78, 5) is 12.4. The Bertz CT molecular complexity index is 789. The standard InChI is InChI=1S/C22H26N2O2/c1-16(2)12-13-21(17(3)23)22(25)24-15-18-8-7-11-20(14-18)26-19-9-5-4-6-10-19/h4-14,16H,15,23H2,1-3H3,(H,24,25)/b13-12-,21-17-. The number of amides is 1. The molecule has 0 saturated heterocycles. The largest absolute Gasteiger partial charge is 0.457 e. The molecule has 4 heteroatoms. The Hall–Kier alpha value is -3.01. The van der Waals surface area contributed by atoms with Crippen LogP contribution in [0.15, 0.2) is 78.0 Å². The van der Waals surface area contributed by atoms with E-state index in [-0.39, 0.29) is 5.91 Å². The van der Waals surface area contributed by atoms with Crippen LogP contribution >= 0.6 is 0 Å². The maximum atomic E-state index is 12.4. The Morgan fingerprint density at radius 2 is 1.81 bits per heavy atom. The minimum Gasteiger partial charge on any atom is -0.457 e. The quantitative estimate of drug-likeness (QED) is 0.569. The van der Waals surface area contributed by atoms with Crippen molar-refractivity contribution in [1.82, 2.24) is 5.32 Å². The minimum atomic E-state index is -0.184. The maximum absolute atomic E-state index is 12.4. The number of para-hydroxylation sites is 1. The van der Waals surface area contributed by atoms with Gasteiger partial charge in [-0.1, -0.05) is 56.3 Å². The summed E-state index contributed by atoms with van der Waals surface area (Å²) < 4.78 is 5.82. The molecule has 0 fully saturated rings. The molecular formula is C22H26N2O2. The fourth-order valence-electron chi connectivity index (χ4n) is 2.30. The van der Waals surface area contributed by atoms with Gasteiger partial charge in [-0.25, -0.2) is 0 Å². The van der Waals surface area contributed by atoms with Crippen molar-refractivity contribution in [2.24, 2.45) is 11.7 Å². The molecule has 0 aliphatic carbocycles. The monoisotopic (exact) mass is 350 g/mol. The van der Waals surface area contributed by atoms with Crippen molar-refractivity contribution in [1.29, 1.82) is 0 Å². The Labute approximate surface area is 155 Å². The van der Waals surface area contributed by atoms with Gasteiger partial charge in [-0.05, 0) is 42.7 Å². The highest BCUT2D eigenvalue weighted by molar-refractivity contribution is 5.96. The van der Waals surface area contributed by atoms with Crippen molar-refractivity contribution in [2.45, 2.75) is 27.3 Å². The number of rotatable bonds is 7. The molecule has 0 radical (unpaired) electrons. The minimum absolute atomic E-state index is 0.184. The summed E-state index contributed by atoms with van der Waals surface area (Å²) in [5.41, 5.74) is 7.80. The second-order valence-electron chi connectivity index (χ2n) is 6.45. The normalized spacial score (nSPS) is 12.2. The van der Waals surface area contributed by atoms with Crippen LogP contribution in [0.25, 0.3) is 0 Å². The van der Waals surface area contributed by atoms with Gasteiger partial charge in [-0.3, -0.25) is 4.79 Å². The highest BCUT2D eigenvalue weighted by atomic mass is 16.5. The van der Waals surface area contributed by atoms with Gasteiger partial charge in [0.2, 0.25) is 0 Å². The maximum Gasteiger partial charge on any atom is 0.253 e. The summed E-state index contributed by atoms with van der Waals surface area (Å²) >= 11 is 0. The average Bonchev–Trinajstić information content (AvgIpc) is 2.61. The molecule has 0 atom stereocenters. The van der Waals surface area contributed by atoms with E-state index in [9.17, 15) is 4.79 Å². The number of hydrogen-bond acceptors (Lipinski definition) is 3. The summed E-state index contributed by atoms with van der Waals surface area (Å²) in [7, 11) is 0. The van der Waals surface area contributed by atoms with Gasteiger partial charge in [-0.2, -0.15) is 0 Å². The van der Waals surface area contributed by atoms with Gasteiger partial charge in [0.15, 0.2) is 0 Å². The van der Waals surface area contributed by atoms with E-state index >= 15 is 0 Å². The molecule has 0 unspecified atom stereocenters. The van der Waals surface area contributed by atoms with Crippen molar-refractivity contribution in [3.05, 3.63) is 83.6 Å². The summed E-state index contributed by atoms with van der Waals surface area (Å²) in [5.74, 6) is 1.67. The molecule has 26 heavy (non-hydrogen) atoms. The number of nitrogens with one attached hydrogen (secondary N) is 1. The van der Waals surface area contributed by atoms with Crippen LogP contribution in [0.2, 0.25) is 0 Å². The van der Waals surface area contributed by atoms with Crippen LogP contribution in [0, 0.1) is 5.92 Å². The SMILES string of the molecule is C/C(N)=C(\C=C/C(C)C)C(=O)NCc1cccc(Oc2ccccc2)c1. The fraction of sp³-hybridized carbons (Fsp3) is 0.227. The first-order valence-corrected chi connectivity index (χ1v) is 8.70. The van der Waals surface area contributed by atoms with Gasteiger partial charge >= 0.3 is 0 Å². The summed E-state index contributed by atoms with van der Waals surface area (Å²) in [6.45, 7) is 6.23. The predicted molar refractivity (Wildman–Crippen MR) is 106 cm³/mol. The number of carbonyl (C=O) groups is 1. The molecule has 136 valence electrons. The lowest BCUT2D eigenvalue weighted by molar-refractivity contribution is -0.117. The van der Waals surface area contributed by atoms with E-state index in [0.717, 1.165) is 17.1 Å². The van der Waals surface area contributed by atoms with Crippen LogP contribution in [-0.4, -0.2) is 5.91 Å². The molecule has 0 aliphatic rings. The Balaban J connectivity index is 2.01. The van der Waals surface area contributed by atoms with E-state index in [1.165, 1.54) is 0 Å². The predicted octanol–water partition coefficient (Wildman–Crippen LogP) is 4.54. The van der Waals surface area contributed by atoms with E-state index in [0.29, 0.717) is 23.7 Å². The van der Waals surface area contributed by atoms with Crippen molar-refractivity contribution in [2.75, 3.05) is 0 Å². The van der Waals surface area contributed by atoms with Gasteiger partial charge in [0.05, 0.1) is 5.57 Å². The second-order valence-corrected chi connectivity index (χ2v) is 6.45. The molecule has 2 aromatic carbocycles. The van der Waals surface area contributed by atoms with Gasteiger partial charge < -0.3 is 15.8 Å². The topological polar surface area (TPSA) is 64.4 Å². The third kappa shape index (κ3) is 6.13. The molecule has 4 nitrogen and oxygen atoms in total. The van der Waals surface area contributed by atoms with E-state index < -0.39 is 0 Å². The van der Waals surface area contributed by atoms with Crippen LogP contribution in [0.5, 0.6) is 11.5 Å². The van der Waals surface area contributed by atoms with Crippen LogP contribution in [0.4, 0.5) is 0 Å². The van der Waals surface area contributed by atoms with E-state index in [2.05, 4.69) is 19.2 Å². The Morgan fingerprint density at radius 3 is 2.46 bits per heavy atom. The number of ether oxygens (including phenoxy) is 1. The zero-order chi connectivity index (χ0) is 18.9. The van der Waals surface area contributed by atoms with E-state index in [1.807, 2.05) is 60.7 Å². The molecule has 0 aromatic heterocycles. The highest BCUT2D eigenvalue weighted by Gasteiger charge is 2.09. The molecule has 0 saturated carbocycles. The zero-order valence-corrected chi connectivity index (χ0v) is 15.5. The first kappa shape index (κ1) is 19.3. The molecular weight excluding hydrogens is 324 g/mol. The average molecular weight is 350 g/mol. The smallest absolute Gasteiger partial charge is 0.253 e. The summed E-state index contributed by atoms with van der Waals surface area (Å²) in [5, 5.41) is 2.91. The lowest BCUT2D eigenvalue weighted by Crippen LogP contribution is -2.25. The van der Waals surface area contributed by atoms with E-state index in [4.69, 9.17) is 10.5 Å².